The largest absolute Gasteiger partial charge is 0.484 e. The molecular formula is C34H28N4O2. The summed E-state index contributed by atoms with van der Waals surface area (Å²) < 4.78 is 16.3. The van der Waals surface area contributed by atoms with Gasteiger partial charge in [-0.2, -0.15) is 0 Å². The molecule has 0 N–H and O–H groups in total. The molecule has 0 aliphatic heterocycles. The molecule has 0 amide bonds. The zero-order chi connectivity index (χ0) is 27.1. The van der Waals surface area contributed by atoms with Crippen LogP contribution in [0.5, 0.6) is 5.75 Å². The Kier molecular flexibility index (Phi) is 5.93. The Morgan fingerprint density at radius 1 is 0.675 bits per heavy atom. The zero-order valence-electron chi connectivity index (χ0n) is 22.4. The van der Waals surface area contributed by atoms with E-state index < -0.39 is 0 Å². The maximum absolute atomic E-state index is 6.03. The van der Waals surface area contributed by atoms with Crippen LogP contribution in [0.25, 0.3) is 33.3 Å². The van der Waals surface area contributed by atoms with Crippen LogP contribution in [-0.2, 0) is 20.7 Å². The molecule has 0 bridgehead atoms. The van der Waals surface area contributed by atoms with E-state index in [0.717, 1.165) is 11.3 Å². The lowest BCUT2D eigenvalue weighted by Crippen LogP contribution is -2.03. The molecule has 0 atom stereocenters. The minimum atomic E-state index is 0.0515. The number of hydrogen-bond donors (Lipinski definition) is 0. The molecule has 6 nitrogen and oxygen atoms in total. The number of hydrogen-bond acceptors (Lipinski definition) is 4. The lowest BCUT2D eigenvalue weighted by Gasteiger charge is -2.18. The first-order valence-corrected chi connectivity index (χ1v) is 13.3. The number of aryl methyl sites for hydroxylation is 2. The van der Waals surface area contributed by atoms with Gasteiger partial charge >= 0.3 is 0 Å². The molecular weight excluding hydrogens is 496 g/mol. The maximum Gasteiger partial charge on any atom is 0.254 e. The Balaban J connectivity index is 1.22. The molecule has 0 saturated heterocycles. The summed E-state index contributed by atoms with van der Waals surface area (Å²) in [4.78, 5) is 0. The number of benzene rings is 4. The van der Waals surface area contributed by atoms with Gasteiger partial charge in [-0.1, -0.05) is 66.7 Å². The highest BCUT2D eigenvalue weighted by molar-refractivity contribution is 5.89. The van der Waals surface area contributed by atoms with Crippen LogP contribution in [0.3, 0.4) is 0 Å². The summed E-state index contributed by atoms with van der Waals surface area (Å²) in [6.07, 6.45) is 4.53. The molecule has 6 heteroatoms. The molecule has 0 saturated carbocycles. The van der Waals surface area contributed by atoms with Crippen molar-refractivity contribution in [3.63, 3.8) is 0 Å². The Hall–Kier alpha value is -5.10. The monoisotopic (exact) mass is 524 g/mol. The van der Waals surface area contributed by atoms with Crippen LogP contribution in [0.4, 0.5) is 0 Å². The summed E-state index contributed by atoms with van der Waals surface area (Å²) in [7, 11) is 4.23. The first-order valence-electron chi connectivity index (χ1n) is 13.3. The quantitative estimate of drug-likeness (QED) is 0.217. The average Bonchev–Trinajstić information content (AvgIpc) is 3.70. The van der Waals surface area contributed by atoms with E-state index in [-0.39, 0.29) is 12.5 Å². The van der Waals surface area contributed by atoms with Gasteiger partial charge in [-0.25, -0.2) is 0 Å². The second-order valence-electron chi connectivity index (χ2n) is 10.1. The third-order valence-corrected chi connectivity index (χ3v) is 7.54. The van der Waals surface area contributed by atoms with Crippen LogP contribution in [0, 0.1) is 0 Å². The third-order valence-electron chi connectivity index (χ3n) is 7.54. The van der Waals surface area contributed by atoms with Gasteiger partial charge in [0.1, 0.15) is 5.75 Å². The van der Waals surface area contributed by atoms with Gasteiger partial charge in [0.05, 0.1) is 0 Å². The molecule has 3 aromatic heterocycles. The van der Waals surface area contributed by atoms with Crippen LogP contribution >= 0.6 is 0 Å². The smallest absolute Gasteiger partial charge is 0.254 e. The van der Waals surface area contributed by atoms with E-state index >= 15 is 0 Å². The van der Waals surface area contributed by atoms with E-state index in [0.29, 0.717) is 11.8 Å². The predicted molar refractivity (Wildman–Crippen MR) is 157 cm³/mol. The Morgan fingerprint density at radius 2 is 1.25 bits per heavy atom. The summed E-state index contributed by atoms with van der Waals surface area (Å²) >= 11 is 0. The second-order valence-corrected chi connectivity index (χ2v) is 10.1. The summed E-state index contributed by atoms with van der Waals surface area (Å²) in [5.41, 5.74) is 7.09. The Morgan fingerprint density at radius 3 is 1.88 bits per heavy atom. The molecule has 40 heavy (non-hydrogen) atoms. The molecule has 0 aliphatic rings. The Bertz CT molecular complexity index is 1850. The fraction of sp³-hybridized carbons (Fsp3) is 0.118. The van der Waals surface area contributed by atoms with Gasteiger partial charge in [-0.15, -0.1) is 10.2 Å². The third kappa shape index (κ3) is 4.24. The second kappa shape index (κ2) is 9.89. The highest BCUT2D eigenvalue weighted by atomic mass is 16.5. The lowest BCUT2D eigenvalue weighted by molar-refractivity contribution is 0.264. The van der Waals surface area contributed by atoms with Gasteiger partial charge in [0.2, 0.25) is 5.89 Å². The highest BCUT2D eigenvalue weighted by Gasteiger charge is 2.24. The van der Waals surface area contributed by atoms with Crippen LogP contribution < -0.4 is 4.74 Å². The molecule has 196 valence electrons. The van der Waals surface area contributed by atoms with Gasteiger partial charge in [-0.3, -0.25) is 0 Å². The van der Waals surface area contributed by atoms with E-state index in [1.165, 1.54) is 38.5 Å². The summed E-state index contributed by atoms with van der Waals surface area (Å²) in [6, 6.07) is 35.3. The molecule has 4 aromatic carbocycles. The van der Waals surface area contributed by atoms with Gasteiger partial charge in [0.15, 0.2) is 6.61 Å². The van der Waals surface area contributed by atoms with Crippen molar-refractivity contribution in [2.24, 2.45) is 14.1 Å². The predicted octanol–water partition coefficient (Wildman–Crippen LogP) is 7.48. The van der Waals surface area contributed by atoms with Crippen molar-refractivity contribution < 1.29 is 9.15 Å². The molecule has 3 heterocycles. The van der Waals surface area contributed by atoms with Crippen LogP contribution in [0.1, 0.15) is 28.5 Å². The molecule has 7 aromatic rings. The Labute approximate surface area is 232 Å². The first kappa shape index (κ1) is 24.0. The van der Waals surface area contributed by atoms with Gasteiger partial charge in [-0.05, 0) is 53.1 Å². The average molecular weight is 525 g/mol. The minimum Gasteiger partial charge on any atom is -0.484 e. The number of nitrogens with zero attached hydrogens (tertiary/aromatic N) is 4. The van der Waals surface area contributed by atoms with Crippen LogP contribution in [0.2, 0.25) is 0 Å². The molecule has 0 aliphatic carbocycles. The van der Waals surface area contributed by atoms with Crippen molar-refractivity contribution in [1.82, 2.24) is 19.3 Å². The fourth-order valence-corrected chi connectivity index (χ4v) is 5.64. The van der Waals surface area contributed by atoms with E-state index in [9.17, 15) is 0 Å². The van der Waals surface area contributed by atoms with E-state index in [1.807, 2.05) is 42.5 Å². The number of para-hydroxylation sites is 2. The van der Waals surface area contributed by atoms with Crippen LogP contribution in [0.15, 0.2) is 120 Å². The number of fused-ring (bicyclic) bond motifs is 2. The lowest BCUT2D eigenvalue weighted by atomic mass is 9.85. The fourth-order valence-electron chi connectivity index (χ4n) is 5.64. The van der Waals surface area contributed by atoms with Gasteiger partial charge < -0.3 is 18.3 Å². The molecule has 7 rings (SSSR count). The van der Waals surface area contributed by atoms with Crippen molar-refractivity contribution in [2.75, 3.05) is 0 Å². The molecule has 0 radical (unpaired) electrons. The summed E-state index contributed by atoms with van der Waals surface area (Å²) in [6.45, 7) is 0.204. The van der Waals surface area contributed by atoms with Crippen molar-refractivity contribution >= 4 is 21.8 Å². The SMILES string of the molecule is Cn1cc(C(c2ccc(OCc3nnc(-c4ccccc4)o3)cc2)c2cn(C)c3ccccc23)c2ccccc21. The van der Waals surface area contributed by atoms with E-state index in [4.69, 9.17) is 9.15 Å². The van der Waals surface area contributed by atoms with E-state index in [2.05, 4.69) is 106 Å². The molecule has 0 spiro atoms. The zero-order valence-corrected chi connectivity index (χ0v) is 22.4. The van der Waals surface area contributed by atoms with Crippen molar-refractivity contribution in [3.05, 3.63) is 138 Å². The first-order chi connectivity index (χ1) is 19.7. The number of rotatable bonds is 7. The maximum atomic E-state index is 6.03. The normalized spacial score (nSPS) is 11.6. The topological polar surface area (TPSA) is 58.0 Å². The minimum absolute atomic E-state index is 0.0515. The van der Waals surface area contributed by atoms with Crippen molar-refractivity contribution in [1.29, 1.82) is 0 Å². The van der Waals surface area contributed by atoms with Gasteiger partial charge in [0.25, 0.3) is 5.89 Å². The number of aromatic nitrogens is 4. The summed E-state index contributed by atoms with van der Waals surface area (Å²) in [5.74, 6) is 1.73. The van der Waals surface area contributed by atoms with Gasteiger partial charge in [0, 0.05) is 59.8 Å². The summed E-state index contributed by atoms with van der Waals surface area (Å²) in [5, 5.41) is 10.8. The van der Waals surface area contributed by atoms with Crippen molar-refractivity contribution in [3.8, 4) is 17.2 Å². The number of ether oxygens (including phenoxy) is 1. The van der Waals surface area contributed by atoms with Crippen molar-refractivity contribution in [2.45, 2.75) is 12.5 Å². The highest BCUT2D eigenvalue weighted by Crippen LogP contribution is 2.41. The standard InChI is InChI=1S/C34H28N4O2/c1-37-20-28(26-12-6-8-14-30(26)37)33(29-21-38(2)31-15-9-7-13-27(29)31)23-16-18-25(19-17-23)39-22-32-35-36-34(40-32)24-10-4-3-5-11-24/h3-21,33H,22H2,1-2H3. The molecule has 0 fully saturated rings. The van der Waals surface area contributed by atoms with Crippen LogP contribution in [-0.4, -0.2) is 19.3 Å². The van der Waals surface area contributed by atoms with E-state index in [1.54, 1.807) is 0 Å². The molecule has 0 unspecified atom stereocenters.